The highest BCUT2D eigenvalue weighted by molar-refractivity contribution is 6.32. The average molecular weight is 155 g/mol. The molecular weight excluding hydrogens is 149 g/mol. The Bertz CT molecular complexity index is 370. The number of hydrogen-bond acceptors (Lipinski definition) is 2. The molecule has 1 heterocycles. The molecule has 0 spiro atoms. The number of aromatic nitrogens is 3. The van der Waals surface area contributed by atoms with Crippen molar-refractivity contribution in [3.8, 4) is 11.3 Å². The molecule has 1 aromatic carbocycles. The summed E-state index contributed by atoms with van der Waals surface area (Å²) in [4.78, 5) is 0. The van der Waals surface area contributed by atoms with Gasteiger partial charge in [0.25, 0.3) is 0 Å². The maximum Gasteiger partial charge on any atom is 0.113 e. The smallest absolute Gasteiger partial charge is 0.113 e. The van der Waals surface area contributed by atoms with E-state index in [1.54, 1.807) is 6.20 Å². The molecule has 0 amide bonds. The minimum absolute atomic E-state index is 0.732. The Balaban J connectivity index is 2.48. The van der Waals surface area contributed by atoms with Crippen molar-refractivity contribution in [2.24, 2.45) is 0 Å². The van der Waals surface area contributed by atoms with Crippen LogP contribution in [0.2, 0.25) is 0 Å². The molecular formula is C8H6BN3. The van der Waals surface area contributed by atoms with Crippen molar-refractivity contribution in [3.05, 3.63) is 30.5 Å². The van der Waals surface area contributed by atoms with Crippen LogP contribution >= 0.6 is 0 Å². The van der Waals surface area contributed by atoms with Crippen molar-refractivity contribution in [3.63, 3.8) is 0 Å². The summed E-state index contributed by atoms with van der Waals surface area (Å²) in [6, 6.07) is 7.52. The highest BCUT2D eigenvalue weighted by Gasteiger charge is 1.98. The third-order valence-electron chi connectivity index (χ3n) is 1.60. The first-order chi connectivity index (χ1) is 5.86. The summed E-state index contributed by atoms with van der Waals surface area (Å²) in [6.45, 7) is 0. The van der Waals surface area contributed by atoms with Gasteiger partial charge in [-0.3, -0.25) is 0 Å². The van der Waals surface area contributed by atoms with Gasteiger partial charge in [-0.15, -0.1) is 0 Å². The first-order valence-corrected chi connectivity index (χ1v) is 3.58. The first-order valence-electron chi connectivity index (χ1n) is 3.58. The van der Waals surface area contributed by atoms with E-state index in [4.69, 9.17) is 7.85 Å². The van der Waals surface area contributed by atoms with E-state index < -0.39 is 0 Å². The Kier molecular flexibility index (Phi) is 1.66. The van der Waals surface area contributed by atoms with Crippen LogP contribution in [0.15, 0.2) is 30.5 Å². The summed E-state index contributed by atoms with van der Waals surface area (Å²) in [5.74, 6) is 0. The quantitative estimate of drug-likeness (QED) is 0.600. The molecule has 1 N–H and O–H groups in total. The number of aromatic amines is 1. The maximum atomic E-state index is 5.61. The van der Waals surface area contributed by atoms with Crippen LogP contribution in [-0.2, 0) is 0 Å². The van der Waals surface area contributed by atoms with Crippen LogP contribution in [0.4, 0.5) is 0 Å². The zero-order valence-corrected chi connectivity index (χ0v) is 6.36. The predicted molar refractivity (Wildman–Crippen MR) is 47.2 cm³/mol. The van der Waals surface area contributed by atoms with Gasteiger partial charge in [0, 0.05) is 5.56 Å². The highest BCUT2D eigenvalue weighted by atomic mass is 15.3. The minimum Gasteiger partial charge on any atom is -0.197 e. The van der Waals surface area contributed by atoms with Gasteiger partial charge < -0.3 is 0 Å². The number of benzene rings is 1. The third kappa shape index (κ3) is 1.23. The van der Waals surface area contributed by atoms with Gasteiger partial charge in [-0.2, -0.15) is 15.4 Å². The van der Waals surface area contributed by atoms with Gasteiger partial charge in [-0.05, 0) is 0 Å². The van der Waals surface area contributed by atoms with Gasteiger partial charge in [0.2, 0.25) is 0 Å². The van der Waals surface area contributed by atoms with Gasteiger partial charge in [0.05, 0.1) is 6.20 Å². The molecule has 0 saturated carbocycles. The van der Waals surface area contributed by atoms with E-state index in [0.29, 0.717) is 0 Å². The molecule has 0 unspecified atom stereocenters. The number of nitrogens with zero attached hydrogens (tertiary/aromatic N) is 2. The largest absolute Gasteiger partial charge is 0.197 e. The molecule has 0 aliphatic rings. The molecule has 0 aliphatic heterocycles. The van der Waals surface area contributed by atoms with E-state index in [1.165, 1.54) is 0 Å². The Morgan fingerprint density at radius 1 is 1.33 bits per heavy atom. The third-order valence-corrected chi connectivity index (χ3v) is 1.60. The predicted octanol–water partition coefficient (Wildman–Crippen LogP) is 0.266. The topological polar surface area (TPSA) is 41.6 Å². The summed E-state index contributed by atoms with van der Waals surface area (Å²) in [7, 11) is 5.61. The number of hydrogen-bond donors (Lipinski definition) is 1. The van der Waals surface area contributed by atoms with Crippen LogP contribution in [0.3, 0.4) is 0 Å². The highest BCUT2D eigenvalue weighted by Crippen LogP contribution is 2.11. The fraction of sp³-hybridized carbons (Fsp3) is 0. The van der Waals surface area contributed by atoms with E-state index in [2.05, 4.69) is 15.4 Å². The van der Waals surface area contributed by atoms with E-state index in [-0.39, 0.29) is 0 Å². The summed E-state index contributed by atoms with van der Waals surface area (Å²) >= 11 is 0. The molecule has 0 bridgehead atoms. The molecule has 4 heteroatoms. The lowest BCUT2D eigenvalue weighted by Crippen LogP contribution is -2.00. The Morgan fingerprint density at radius 3 is 2.92 bits per heavy atom. The van der Waals surface area contributed by atoms with Crippen LogP contribution in [0.1, 0.15) is 0 Å². The molecule has 0 aliphatic carbocycles. The summed E-state index contributed by atoms with van der Waals surface area (Å²) in [5.41, 5.74) is 2.52. The normalized spacial score (nSPS) is 10.0. The van der Waals surface area contributed by atoms with Crippen LogP contribution < -0.4 is 5.46 Å². The molecule has 1 aromatic heterocycles. The molecule has 0 fully saturated rings. The van der Waals surface area contributed by atoms with Gasteiger partial charge >= 0.3 is 0 Å². The molecule has 3 nitrogen and oxygen atoms in total. The zero-order chi connectivity index (χ0) is 8.39. The Morgan fingerprint density at radius 2 is 2.25 bits per heavy atom. The van der Waals surface area contributed by atoms with Crippen molar-refractivity contribution < 1.29 is 0 Å². The van der Waals surface area contributed by atoms with Crippen molar-refractivity contribution in [1.29, 1.82) is 0 Å². The van der Waals surface area contributed by atoms with E-state index >= 15 is 0 Å². The summed E-state index contributed by atoms with van der Waals surface area (Å²) in [5, 5.41) is 10.2. The number of nitrogens with one attached hydrogen (secondary N) is 1. The molecule has 56 valence electrons. The maximum absolute atomic E-state index is 5.61. The van der Waals surface area contributed by atoms with Crippen molar-refractivity contribution in [1.82, 2.24) is 15.4 Å². The second-order valence-corrected chi connectivity index (χ2v) is 2.48. The SMILES string of the molecule is [B]c1cccc(-c2cn[nH]n2)c1. The Hall–Kier alpha value is -1.58. The van der Waals surface area contributed by atoms with Gasteiger partial charge in [-0.1, -0.05) is 29.7 Å². The minimum atomic E-state index is 0.732. The van der Waals surface area contributed by atoms with E-state index in [1.807, 2.05) is 24.3 Å². The molecule has 0 atom stereocenters. The number of rotatable bonds is 1. The van der Waals surface area contributed by atoms with Crippen LogP contribution in [0.25, 0.3) is 11.3 Å². The first kappa shape index (κ1) is 7.09. The standard InChI is InChI=1S/C8H6BN3/c9-7-3-1-2-6(4-7)8-5-10-12-11-8/h1-5H,(H,10,11,12). The van der Waals surface area contributed by atoms with Crippen molar-refractivity contribution >= 4 is 13.3 Å². The average Bonchev–Trinajstić information content (AvgIpc) is 2.56. The lowest BCUT2D eigenvalue weighted by Gasteiger charge is -1.96. The van der Waals surface area contributed by atoms with Gasteiger partial charge in [0.15, 0.2) is 0 Å². The van der Waals surface area contributed by atoms with E-state index in [0.717, 1.165) is 16.7 Å². The van der Waals surface area contributed by atoms with Crippen LogP contribution in [0.5, 0.6) is 0 Å². The summed E-state index contributed by atoms with van der Waals surface area (Å²) in [6.07, 6.45) is 1.66. The monoisotopic (exact) mass is 155 g/mol. The summed E-state index contributed by atoms with van der Waals surface area (Å²) < 4.78 is 0. The second-order valence-electron chi connectivity index (χ2n) is 2.48. The Labute approximate surface area is 71.2 Å². The van der Waals surface area contributed by atoms with Crippen LogP contribution in [0, 0.1) is 0 Å². The van der Waals surface area contributed by atoms with Crippen molar-refractivity contribution in [2.75, 3.05) is 0 Å². The second kappa shape index (κ2) is 2.81. The van der Waals surface area contributed by atoms with Crippen LogP contribution in [-0.4, -0.2) is 23.3 Å². The molecule has 2 radical (unpaired) electrons. The fourth-order valence-electron chi connectivity index (χ4n) is 1.04. The number of H-pyrrole nitrogens is 1. The van der Waals surface area contributed by atoms with Gasteiger partial charge in [0.1, 0.15) is 13.5 Å². The van der Waals surface area contributed by atoms with Gasteiger partial charge in [-0.25, -0.2) is 0 Å². The molecule has 2 rings (SSSR count). The van der Waals surface area contributed by atoms with E-state index in [9.17, 15) is 0 Å². The molecule has 0 saturated heterocycles. The van der Waals surface area contributed by atoms with Crippen molar-refractivity contribution in [2.45, 2.75) is 0 Å². The lowest BCUT2D eigenvalue weighted by atomic mass is 9.94. The molecule has 2 aromatic rings. The lowest BCUT2D eigenvalue weighted by molar-refractivity contribution is 0.942. The zero-order valence-electron chi connectivity index (χ0n) is 6.36. The molecule has 12 heavy (non-hydrogen) atoms. The fourth-order valence-corrected chi connectivity index (χ4v) is 1.04.